The molecule has 4 rings (SSSR count). The second-order valence-electron chi connectivity index (χ2n) is 8.79. The van der Waals surface area contributed by atoms with Crippen molar-refractivity contribution in [1.82, 2.24) is 4.57 Å². The Labute approximate surface area is 222 Å². The third-order valence-electron chi connectivity index (χ3n) is 5.61. The van der Waals surface area contributed by atoms with Crippen LogP contribution in [0.2, 0.25) is 0 Å². The van der Waals surface area contributed by atoms with Gasteiger partial charge in [0.05, 0.1) is 34.6 Å². The van der Waals surface area contributed by atoms with Crippen LogP contribution in [0.25, 0.3) is 6.08 Å². The fourth-order valence-electron chi connectivity index (χ4n) is 4.08. The largest absolute Gasteiger partial charge is 0.494 e. The van der Waals surface area contributed by atoms with Gasteiger partial charge in [-0.2, -0.15) is 0 Å². The minimum atomic E-state index is -1.08. The number of ether oxygens (including phenoxy) is 3. The SMILES string of the molecule is CCOc1ccc([C@@H]2C(C(=O)OC(C)C)=C(C)N=c3s/c(=C/c4cccc(OCC(=O)O)c4)c(=O)n32)cc1. The van der Waals surface area contributed by atoms with E-state index in [1.165, 1.54) is 15.9 Å². The number of benzene rings is 2. The van der Waals surface area contributed by atoms with Crippen molar-refractivity contribution in [3.63, 3.8) is 0 Å². The molecule has 0 aliphatic carbocycles. The Bertz CT molecular complexity index is 1570. The van der Waals surface area contributed by atoms with Gasteiger partial charge in [-0.25, -0.2) is 14.6 Å². The van der Waals surface area contributed by atoms with Crippen molar-refractivity contribution in [1.29, 1.82) is 0 Å². The van der Waals surface area contributed by atoms with E-state index in [9.17, 15) is 14.4 Å². The second-order valence-corrected chi connectivity index (χ2v) is 9.80. The summed E-state index contributed by atoms with van der Waals surface area (Å²) in [6.07, 6.45) is 1.35. The van der Waals surface area contributed by atoms with E-state index in [4.69, 9.17) is 19.3 Å². The van der Waals surface area contributed by atoms with Gasteiger partial charge in [0.2, 0.25) is 0 Å². The van der Waals surface area contributed by atoms with Crippen molar-refractivity contribution in [2.45, 2.75) is 39.8 Å². The Morgan fingerprint density at radius 3 is 2.53 bits per heavy atom. The lowest BCUT2D eigenvalue weighted by Gasteiger charge is -2.25. The third kappa shape index (κ3) is 5.86. The molecule has 1 aliphatic heterocycles. The maximum Gasteiger partial charge on any atom is 0.341 e. The van der Waals surface area contributed by atoms with Crippen molar-refractivity contribution in [3.8, 4) is 11.5 Å². The van der Waals surface area contributed by atoms with Crippen LogP contribution >= 0.6 is 11.3 Å². The third-order valence-corrected chi connectivity index (χ3v) is 6.59. The van der Waals surface area contributed by atoms with Crippen LogP contribution in [0.1, 0.15) is 44.9 Å². The predicted octanol–water partition coefficient (Wildman–Crippen LogP) is 3.05. The number of thiazole rings is 1. The van der Waals surface area contributed by atoms with Gasteiger partial charge in [-0.05, 0) is 69.2 Å². The highest BCUT2D eigenvalue weighted by Gasteiger charge is 2.33. The molecule has 0 saturated heterocycles. The lowest BCUT2D eigenvalue weighted by molar-refractivity contribution is -0.143. The van der Waals surface area contributed by atoms with E-state index in [0.717, 1.165) is 5.56 Å². The molecule has 38 heavy (non-hydrogen) atoms. The van der Waals surface area contributed by atoms with Crippen molar-refractivity contribution < 1.29 is 28.9 Å². The molecule has 1 N–H and O–H groups in total. The van der Waals surface area contributed by atoms with Gasteiger partial charge in [0.15, 0.2) is 11.4 Å². The summed E-state index contributed by atoms with van der Waals surface area (Å²) in [5.41, 5.74) is 1.84. The smallest absolute Gasteiger partial charge is 0.341 e. The standard InChI is InChI=1S/C28H28N2O7S/c1-5-35-20-11-9-19(10-12-20)25-24(27(34)37-16(2)3)17(4)29-28-30(25)26(33)22(38-28)14-18-7-6-8-21(13-18)36-15-23(31)32/h6-14,16,25H,5,15H2,1-4H3,(H,31,32)/b22-14+/t25-/m1/s1. The van der Waals surface area contributed by atoms with Gasteiger partial charge >= 0.3 is 11.9 Å². The first-order valence-electron chi connectivity index (χ1n) is 12.1. The number of allylic oxidation sites excluding steroid dienone is 1. The number of aliphatic carboxylic acids is 1. The van der Waals surface area contributed by atoms with Crippen molar-refractivity contribution in [3.05, 3.63) is 90.6 Å². The van der Waals surface area contributed by atoms with Crippen LogP contribution in [0.5, 0.6) is 11.5 Å². The molecule has 3 aromatic rings. The summed E-state index contributed by atoms with van der Waals surface area (Å²) in [6, 6.07) is 13.3. The van der Waals surface area contributed by atoms with Crippen LogP contribution in [0.4, 0.5) is 0 Å². The van der Waals surface area contributed by atoms with E-state index in [-0.39, 0.29) is 11.7 Å². The quantitative estimate of drug-likeness (QED) is 0.418. The molecular formula is C28H28N2O7S. The fraction of sp³-hybridized carbons (Fsp3) is 0.286. The molecule has 10 heteroatoms. The molecule has 0 bridgehead atoms. The monoisotopic (exact) mass is 536 g/mol. The van der Waals surface area contributed by atoms with Gasteiger partial charge in [0.1, 0.15) is 11.5 Å². The van der Waals surface area contributed by atoms with E-state index < -0.39 is 24.6 Å². The summed E-state index contributed by atoms with van der Waals surface area (Å²) >= 11 is 1.20. The average Bonchev–Trinajstić information content (AvgIpc) is 3.16. The topological polar surface area (TPSA) is 116 Å². The molecule has 0 saturated carbocycles. The Hall–Kier alpha value is -4.18. The molecule has 2 heterocycles. The van der Waals surface area contributed by atoms with Gasteiger partial charge in [0.25, 0.3) is 5.56 Å². The van der Waals surface area contributed by atoms with E-state index in [1.54, 1.807) is 63.2 Å². The zero-order chi connectivity index (χ0) is 27.4. The van der Waals surface area contributed by atoms with Crippen LogP contribution in [0, 0.1) is 0 Å². The molecule has 0 fully saturated rings. The summed E-state index contributed by atoms with van der Waals surface area (Å²) in [5.74, 6) is -0.561. The number of nitrogens with zero attached hydrogens (tertiary/aromatic N) is 2. The maximum absolute atomic E-state index is 13.7. The first-order valence-corrected chi connectivity index (χ1v) is 12.9. The summed E-state index contributed by atoms with van der Waals surface area (Å²) in [5, 5.41) is 8.87. The average molecular weight is 537 g/mol. The number of rotatable bonds is 9. The van der Waals surface area contributed by atoms with Crippen LogP contribution in [-0.2, 0) is 14.3 Å². The number of hydrogen-bond acceptors (Lipinski definition) is 8. The first-order chi connectivity index (χ1) is 18.2. The van der Waals surface area contributed by atoms with Crippen LogP contribution < -0.4 is 24.4 Å². The van der Waals surface area contributed by atoms with Crippen LogP contribution in [0.3, 0.4) is 0 Å². The second kappa shape index (κ2) is 11.5. The summed E-state index contributed by atoms with van der Waals surface area (Å²) in [6.45, 7) is 7.21. The van der Waals surface area contributed by atoms with Crippen LogP contribution in [0.15, 0.2) is 69.6 Å². The minimum absolute atomic E-state index is 0.297. The number of aromatic nitrogens is 1. The molecule has 0 spiro atoms. The van der Waals surface area contributed by atoms with Gasteiger partial charge in [0, 0.05) is 0 Å². The van der Waals surface area contributed by atoms with E-state index in [0.29, 0.717) is 44.3 Å². The first kappa shape index (κ1) is 26.9. The molecule has 1 atom stereocenters. The van der Waals surface area contributed by atoms with Crippen molar-refractivity contribution >= 4 is 29.4 Å². The summed E-state index contributed by atoms with van der Waals surface area (Å²) < 4.78 is 18.3. The number of carboxylic acids is 1. The number of carbonyl (C=O) groups excluding carboxylic acids is 1. The zero-order valence-corrected chi connectivity index (χ0v) is 22.3. The molecule has 9 nitrogen and oxygen atoms in total. The zero-order valence-electron chi connectivity index (χ0n) is 21.5. The highest BCUT2D eigenvalue weighted by Crippen LogP contribution is 2.32. The number of carbonyl (C=O) groups is 2. The molecule has 0 unspecified atom stereocenters. The normalized spacial score (nSPS) is 15.2. The van der Waals surface area contributed by atoms with Gasteiger partial charge in [-0.1, -0.05) is 35.6 Å². The molecule has 0 radical (unpaired) electrons. The highest BCUT2D eigenvalue weighted by atomic mass is 32.1. The maximum atomic E-state index is 13.7. The molecule has 2 aromatic carbocycles. The summed E-state index contributed by atoms with van der Waals surface area (Å²) in [7, 11) is 0. The van der Waals surface area contributed by atoms with Gasteiger partial charge in [-0.15, -0.1) is 0 Å². The lowest BCUT2D eigenvalue weighted by Crippen LogP contribution is -2.40. The molecule has 198 valence electrons. The summed E-state index contributed by atoms with van der Waals surface area (Å²) in [4.78, 5) is 42.8. The van der Waals surface area contributed by atoms with Gasteiger partial charge < -0.3 is 19.3 Å². The Balaban J connectivity index is 1.84. The number of carboxylic acid groups (broad SMARTS) is 1. The number of fused-ring (bicyclic) bond motifs is 1. The fourth-order valence-corrected chi connectivity index (χ4v) is 5.13. The highest BCUT2D eigenvalue weighted by molar-refractivity contribution is 7.07. The minimum Gasteiger partial charge on any atom is -0.494 e. The Kier molecular flexibility index (Phi) is 8.11. The Morgan fingerprint density at radius 2 is 1.87 bits per heavy atom. The lowest BCUT2D eigenvalue weighted by atomic mass is 9.96. The van der Waals surface area contributed by atoms with E-state index >= 15 is 0 Å². The van der Waals surface area contributed by atoms with Crippen molar-refractivity contribution in [2.24, 2.45) is 4.99 Å². The molecular weight excluding hydrogens is 508 g/mol. The molecule has 1 aromatic heterocycles. The number of esters is 1. The predicted molar refractivity (Wildman–Crippen MR) is 142 cm³/mol. The van der Waals surface area contributed by atoms with Gasteiger partial charge in [-0.3, -0.25) is 9.36 Å². The van der Waals surface area contributed by atoms with E-state index in [2.05, 4.69) is 4.99 Å². The Morgan fingerprint density at radius 1 is 1.13 bits per heavy atom. The van der Waals surface area contributed by atoms with Crippen molar-refractivity contribution in [2.75, 3.05) is 13.2 Å². The molecule has 0 amide bonds. The van der Waals surface area contributed by atoms with Crippen LogP contribution in [-0.4, -0.2) is 40.9 Å². The number of hydrogen-bond donors (Lipinski definition) is 1. The van der Waals surface area contributed by atoms with E-state index in [1.807, 2.05) is 19.1 Å². The molecule has 1 aliphatic rings.